The lowest BCUT2D eigenvalue weighted by Crippen LogP contribution is -2.48. The van der Waals surface area contributed by atoms with E-state index in [1.807, 2.05) is 74.0 Å². The number of aryl methyl sites for hydroxylation is 1. The first-order chi connectivity index (χ1) is 20.7. The zero-order valence-electron chi connectivity index (χ0n) is 25.3. The molecule has 3 aromatic carbocycles. The number of hydrogen-bond donors (Lipinski definition) is 1. The molecule has 5 rings (SSSR count). The second-order valence-electron chi connectivity index (χ2n) is 11.2. The van der Waals surface area contributed by atoms with Crippen LogP contribution in [0.3, 0.4) is 0 Å². The Morgan fingerprint density at radius 1 is 1.07 bits per heavy atom. The molecule has 226 valence electrons. The van der Waals surface area contributed by atoms with Crippen molar-refractivity contribution in [2.75, 3.05) is 33.9 Å². The predicted octanol–water partition coefficient (Wildman–Crippen LogP) is 5.34. The Hall–Kier alpha value is -4.34. The second kappa shape index (κ2) is 12.9. The van der Waals surface area contributed by atoms with E-state index in [0.717, 1.165) is 27.6 Å². The van der Waals surface area contributed by atoms with Gasteiger partial charge in [-0.25, -0.2) is 4.79 Å². The van der Waals surface area contributed by atoms with Gasteiger partial charge in [0, 0.05) is 43.0 Å². The molecule has 0 bridgehead atoms. The number of aliphatic hydroxyl groups is 1. The minimum absolute atomic E-state index is 0.162. The van der Waals surface area contributed by atoms with Crippen LogP contribution in [-0.4, -0.2) is 77.5 Å². The molecule has 0 aliphatic carbocycles. The van der Waals surface area contributed by atoms with Crippen LogP contribution in [0.5, 0.6) is 11.5 Å². The van der Waals surface area contributed by atoms with E-state index in [9.17, 15) is 14.7 Å². The summed E-state index contributed by atoms with van der Waals surface area (Å²) >= 11 is 0. The third-order valence-electron chi connectivity index (χ3n) is 8.26. The molecule has 43 heavy (non-hydrogen) atoms. The molecule has 0 saturated heterocycles. The summed E-state index contributed by atoms with van der Waals surface area (Å²) in [5, 5.41) is 11.2. The smallest absolute Gasteiger partial charge is 0.415 e. The molecule has 1 aliphatic heterocycles. The van der Waals surface area contributed by atoms with Gasteiger partial charge in [-0.2, -0.15) is 0 Å². The molecule has 9 heteroatoms. The Labute approximate surface area is 252 Å². The predicted molar refractivity (Wildman–Crippen MR) is 165 cm³/mol. The fourth-order valence-corrected chi connectivity index (χ4v) is 5.69. The zero-order chi connectivity index (χ0) is 30.7. The maximum absolute atomic E-state index is 14.5. The van der Waals surface area contributed by atoms with Crippen LogP contribution in [0.15, 0.2) is 72.8 Å². The highest BCUT2D eigenvalue weighted by atomic mass is 16.6. The molecule has 0 radical (unpaired) electrons. The van der Waals surface area contributed by atoms with Crippen molar-refractivity contribution in [3.8, 4) is 22.6 Å². The topological polar surface area (TPSA) is 93.5 Å². The Kier molecular flexibility index (Phi) is 9.03. The molecule has 2 amide bonds. The molecule has 4 aromatic rings. The number of para-hydroxylation sites is 1. The van der Waals surface area contributed by atoms with Crippen molar-refractivity contribution in [3.63, 3.8) is 0 Å². The van der Waals surface area contributed by atoms with Crippen LogP contribution in [0.1, 0.15) is 29.9 Å². The number of nitrogens with zero attached hydrogens (tertiary/aromatic N) is 3. The van der Waals surface area contributed by atoms with Gasteiger partial charge >= 0.3 is 6.09 Å². The molecule has 0 spiro atoms. The van der Waals surface area contributed by atoms with Crippen LogP contribution < -0.4 is 9.47 Å². The Morgan fingerprint density at radius 3 is 2.47 bits per heavy atom. The number of likely N-dealkylation sites (N-methyl/N-ethyl adjacent to an activating group) is 1. The van der Waals surface area contributed by atoms with Crippen LogP contribution in [0.4, 0.5) is 4.79 Å². The van der Waals surface area contributed by atoms with Gasteiger partial charge in [0.05, 0.1) is 39.0 Å². The molecule has 9 nitrogen and oxygen atoms in total. The van der Waals surface area contributed by atoms with E-state index in [0.29, 0.717) is 30.3 Å². The number of methoxy groups -OCH3 is 1. The first kappa shape index (κ1) is 30.1. The van der Waals surface area contributed by atoms with Crippen LogP contribution >= 0.6 is 0 Å². The van der Waals surface area contributed by atoms with E-state index in [2.05, 4.69) is 0 Å². The minimum Gasteiger partial charge on any atom is -0.497 e. The zero-order valence-corrected chi connectivity index (χ0v) is 25.3. The monoisotopic (exact) mass is 585 g/mol. The van der Waals surface area contributed by atoms with Gasteiger partial charge in [-0.1, -0.05) is 49.4 Å². The number of carbonyl (C=O) groups is 2. The van der Waals surface area contributed by atoms with Gasteiger partial charge in [0.15, 0.2) is 0 Å². The third-order valence-corrected chi connectivity index (χ3v) is 8.26. The number of fused-ring (bicyclic) bond motifs is 5. The standard InChI is InChI=1S/C34H39N3O6/c1-22-18-37(23(2)20-38)33(39)32-31(28-12-8-9-13-29(28)36(32)4)27-11-7-6-10-24(27)21-42-30(22)19-35(3)34(40)43-26-16-14-25(41-5)15-17-26/h6-17,22-23,30,38H,18-21H2,1-5H3/t22-,23-,30-/m0/s1. The molecular weight excluding hydrogens is 546 g/mol. The van der Waals surface area contributed by atoms with Crippen molar-refractivity contribution >= 4 is 22.9 Å². The van der Waals surface area contributed by atoms with E-state index in [1.165, 1.54) is 4.90 Å². The van der Waals surface area contributed by atoms with Crippen LogP contribution in [0.25, 0.3) is 22.0 Å². The van der Waals surface area contributed by atoms with Gasteiger partial charge < -0.3 is 33.7 Å². The molecule has 1 aliphatic rings. The van der Waals surface area contributed by atoms with E-state index < -0.39 is 18.2 Å². The van der Waals surface area contributed by atoms with Gasteiger partial charge in [0.2, 0.25) is 0 Å². The summed E-state index contributed by atoms with van der Waals surface area (Å²) in [6, 6.07) is 22.3. The molecule has 2 heterocycles. The molecule has 0 unspecified atom stereocenters. The van der Waals surface area contributed by atoms with Crippen molar-refractivity contribution in [3.05, 3.63) is 84.1 Å². The van der Waals surface area contributed by atoms with Crippen molar-refractivity contribution in [2.45, 2.75) is 32.6 Å². The SMILES string of the molecule is COc1ccc(OC(=O)N(C)C[C@@H]2OCc3ccccc3-c3c(n(C)c4ccccc34)C(=O)N([C@@H](C)CO)C[C@@H]2C)cc1. The number of aliphatic hydroxyl groups excluding tert-OH is 1. The summed E-state index contributed by atoms with van der Waals surface area (Å²) in [6.07, 6.45) is -0.952. The lowest BCUT2D eigenvalue weighted by atomic mass is 9.96. The average molecular weight is 586 g/mol. The summed E-state index contributed by atoms with van der Waals surface area (Å²) in [6.45, 7) is 4.51. The van der Waals surface area contributed by atoms with Crippen LogP contribution in [-0.2, 0) is 18.4 Å². The fourth-order valence-electron chi connectivity index (χ4n) is 5.69. The van der Waals surface area contributed by atoms with Crippen molar-refractivity contribution in [1.82, 2.24) is 14.4 Å². The summed E-state index contributed by atoms with van der Waals surface area (Å²) in [5.41, 5.74) is 4.23. The lowest BCUT2D eigenvalue weighted by Gasteiger charge is -2.34. The largest absolute Gasteiger partial charge is 0.497 e. The van der Waals surface area contributed by atoms with Crippen LogP contribution in [0.2, 0.25) is 0 Å². The van der Waals surface area contributed by atoms with Gasteiger partial charge in [0.1, 0.15) is 17.2 Å². The Balaban J connectivity index is 1.51. The van der Waals surface area contributed by atoms with Gasteiger partial charge in [-0.3, -0.25) is 4.79 Å². The molecule has 0 saturated carbocycles. The normalized spacial score (nSPS) is 17.9. The van der Waals surface area contributed by atoms with E-state index in [1.54, 1.807) is 43.3 Å². The van der Waals surface area contributed by atoms with Crippen molar-refractivity contribution in [1.29, 1.82) is 0 Å². The van der Waals surface area contributed by atoms with Gasteiger partial charge in [-0.15, -0.1) is 0 Å². The highest BCUT2D eigenvalue weighted by Gasteiger charge is 2.34. The Morgan fingerprint density at radius 2 is 1.74 bits per heavy atom. The summed E-state index contributed by atoms with van der Waals surface area (Å²) in [4.78, 5) is 30.7. The van der Waals surface area contributed by atoms with Crippen molar-refractivity contribution in [2.24, 2.45) is 13.0 Å². The summed E-state index contributed by atoms with van der Waals surface area (Å²) in [5.74, 6) is 0.725. The number of benzene rings is 3. The first-order valence-corrected chi connectivity index (χ1v) is 14.5. The maximum atomic E-state index is 14.5. The van der Waals surface area contributed by atoms with Crippen molar-refractivity contribution < 1.29 is 28.9 Å². The summed E-state index contributed by atoms with van der Waals surface area (Å²) < 4.78 is 19.3. The number of rotatable bonds is 6. The third kappa shape index (κ3) is 6.09. The van der Waals surface area contributed by atoms with Gasteiger partial charge in [0.25, 0.3) is 5.91 Å². The first-order valence-electron chi connectivity index (χ1n) is 14.5. The Bertz CT molecular complexity index is 1600. The molecule has 1 N–H and O–H groups in total. The van der Waals surface area contributed by atoms with E-state index >= 15 is 0 Å². The number of carbonyl (C=O) groups excluding carboxylic acids is 2. The highest BCUT2D eigenvalue weighted by Crippen LogP contribution is 2.38. The molecule has 1 aromatic heterocycles. The molecule has 0 fully saturated rings. The average Bonchev–Trinajstić information content (AvgIpc) is 3.32. The molecule has 3 atom stereocenters. The number of ether oxygens (including phenoxy) is 3. The van der Waals surface area contributed by atoms with Gasteiger partial charge in [-0.05, 0) is 48.4 Å². The quantitative estimate of drug-likeness (QED) is 0.328. The second-order valence-corrected chi connectivity index (χ2v) is 11.2. The van der Waals surface area contributed by atoms with E-state index in [-0.39, 0.29) is 25.0 Å². The number of aromatic nitrogens is 1. The lowest BCUT2D eigenvalue weighted by molar-refractivity contribution is -0.0206. The summed E-state index contributed by atoms with van der Waals surface area (Å²) in [7, 11) is 5.16. The fraction of sp³-hybridized carbons (Fsp3) is 0.353. The number of amides is 2. The van der Waals surface area contributed by atoms with Crippen LogP contribution in [0, 0.1) is 5.92 Å². The maximum Gasteiger partial charge on any atom is 0.415 e. The molecular formula is C34H39N3O6. The van der Waals surface area contributed by atoms with E-state index in [4.69, 9.17) is 14.2 Å². The minimum atomic E-state index is -0.522. The highest BCUT2D eigenvalue weighted by molar-refractivity contribution is 6.10. The number of hydrogen-bond acceptors (Lipinski definition) is 6.